The van der Waals surface area contributed by atoms with Gasteiger partial charge in [0, 0.05) is 19.3 Å². The molecule has 1 saturated carbocycles. The Morgan fingerprint density at radius 1 is 1.52 bits per heavy atom. The lowest BCUT2D eigenvalue weighted by molar-refractivity contribution is 0.265. The van der Waals surface area contributed by atoms with Crippen LogP contribution in [0.1, 0.15) is 36.5 Å². The Bertz CT molecular complexity index is 798. The molecular weight excluding hydrogens is 297 g/mol. The van der Waals surface area contributed by atoms with E-state index >= 15 is 0 Å². The minimum Gasteiger partial charge on any atom is -0.353 e. The van der Waals surface area contributed by atoms with Gasteiger partial charge in [0.1, 0.15) is 6.07 Å². The van der Waals surface area contributed by atoms with Gasteiger partial charge in [0.2, 0.25) is 5.89 Å². The quantitative estimate of drug-likeness (QED) is 0.846. The molecule has 6 nitrogen and oxygen atoms in total. The molecule has 0 bridgehead atoms. The van der Waals surface area contributed by atoms with Crippen molar-refractivity contribution in [3.8, 4) is 6.07 Å². The van der Waals surface area contributed by atoms with Gasteiger partial charge in [0.25, 0.3) is 0 Å². The summed E-state index contributed by atoms with van der Waals surface area (Å²) < 4.78 is 19.7. The molecule has 7 heteroatoms. The van der Waals surface area contributed by atoms with Gasteiger partial charge >= 0.3 is 0 Å². The highest BCUT2D eigenvalue weighted by molar-refractivity contribution is 5.47. The van der Waals surface area contributed by atoms with Crippen molar-refractivity contribution in [2.24, 2.45) is 5.92 Å². The summed E-state index contributed by atoms with van der Waals surface area (Å²) in [7, 11) is 0. The Hall–Kier alpha value is -2.49. The van der Waals surface area contributed by atoms with Gasteiger partial charge in [-0.05, 0) is 31.7 Å². The van der Waals surface area contributed by atoms with Gasteiger partial charge in [0.15, 0.2) is 17.5 Å². The van der Waals surface area contributed by atoms with E-state index in [0.717, 1.165) is 25.8 Å². The zero-order valence-electron chi connectivity index (χ0n) is 12.8. The van der Waals surface area contributed by atoms with Crippen LogP contribution in [0, 0.1) is 30.0 Å². The van der Waals surface area contributed by atoms with E-state index in [-0.39, 0.29) is 11.0 Å². The Balaban J connectivity index is 1.69. The third-order valence-corrected chi connectivity index (χ3v) is 5.07. The Kier molecular flexibility index (Phi) is 3.08. The molecular formula is C16H16FN5O. The van der Waals surface area contributed by atoms with Gasteiger partial charge in [-0.1, -0.05) is 11.6 Å². The van der Waals surface area contributed by atoms with Crippen LogP contribution in [-0.4, -0.2) is 28.2 Å². The molecule has 4 rings (SSSR count). The van der Waals surface area contributed by atoms with E-state index in [0.29, 0.717) is 30.0 Å². The number of pyridine rings is 1. The largest absolute Gasteiger partial charge is 0.353 e. The number of anilines is 1. The number of halogens is 1. The number of nitrogens with zero attached hydrogens (tertiary/aromatic N) is 5. The third-order valence-electron chi connectivity index (χ3n) is 5.07. The summed E-state index contributed by atoms with van der Waals surface area (Å²) >= 11 is 0. The highest BCUT2D eigenvalue weighted by atomic mass is 19.1. The van der Waals surface area contributed by atoms with Gasteiger partial charge in [-0.25, -0.2) is 9.37 Å². The molecule has 0 radical (unpaired) electrons. The van der Waals surface area contributed by atoms with Gasteiger partial charge in [-0.3, -0.25) is 0 Å². The van der Waals surface area contributed by atoms with Gasteiger partial charge in [-0.15, -0.1) is 0 Å². The zero-order chi connectivity index (χ0) is 16.0. The lowest BCUT2D eigenvalue weighted by atomic mass is 9.80. The normalized spacial score (nSPS) is 26.3. The van der Waals surface area contributed by atoms with Crippen LogP contribution in [0.25, 0.3) is 0 Å². The van der Waals surface area contributed by atoms with Crippen molar-refractivity contribution in [3.05, 3.63) is 35.4 Å². The Labute approximate surface area is 132 Å². The molecule has 1 aliphatic heterocycles. The Morgan fingerprint density at radius 2 is 2.39 bits per heavy atom. The second kappa shape index (κ2) is 5.01. The smallest absolute Gasteiger partial charge is 0.234 e. The Morgan fingerprint density at radius 3 is 3.09 bits per heavy atom. The average molecular weight is 313 g/mol. The van der Waals surface area contributed by atoms with Crippen molar-refractivity contribution >= 4 is 5.82 Å². The number of hydrogen-bond acceptors (Lipinski definition) is 6. The van der Waals surface area contributed by atoms with Crippen LogP contribution >= 0.6 is 0 Å². The van der Waals surface area contributed by atoms with Gasteiger partial charge < -0.3 is 9.42 Å². The monoisotopic (exact) mass is 313 g/mol. The van der Waals surface area contributed by atoms with Crippen LogP contribution in [-0.2, 0) is 5.41 Å². The summed E-state index contributed by atoms with van der Waals surface area (Å²) in [6.45, 7) is 3.15. The standard InChI is InChI=1S/C16H16FN5O/c1-10-20-15(23-21-10)16-4-2-3-12(16)8-22(9-16)14-13(17)5-11(6-18)7-19-14/h5,7,12H,2-4,8-9H2,1H3/t12-,16-/m0/s1. The van der Waals surface area contributed by atoms with Crippen molar-refractivity contribution in [2.45, 2.75) is 31.6 Å². The summed E-state index contributed by atoms with van der Waals surface area (Å²) in [5.74, 6) is 1.49. The molecule has 1 saturated heterocycles. The summed E-state index contributed by atoms with van der Waals surface area (Å²) in [6, 6.07) is 3.14. The van der Waals surface area contributed by atoms with E-state index in [1.54, 1.807) is 0 Å². The molecule has 2 fully saturated rings. The lowest BCUT2D eigenvalue weighted by Gasteiger charge is -2.24. The SMILES string of the molecule is Cc1noc([C@]23CCC[C@H]2CN(c2ncc(C#N)cc2F)C3)n1. The number of aromatic nitrogens is 3. The molecule has 0 spiro atoms. The molecule has 0 N–H and O–H groups in total. The average Bonchev–Trinajstić information content (AvgIpc) is 3.20. The molecule has 2 aromatic rings. The molecule has 23 heavy (non-hydrogen) atoms. The van der Waals surface area contributed by atoms with Crippen molar-refractivity contribution in [3.63, 3.8) is 0 Å². The molecule has 0 aromatic carbocycles. The maximum absolute atomic E-state index is 14.3. The highest BCUT2D eigenvalue weighted by Crippen LogP contribution is 2.50. The molecule has 0 unspecified atom stereocenters. The summed E-state index contributed by atoms with van der Waals surface area (Å²) in [4.78, 5) is 10.5. The summed E-state index contributed by atoms with van der Waals surface area (Å²) in [5.41, 5.74) is 0.0244. The fraction of sp³-hybridized carbons (Fsp3) is 0.500. The molecule has 0 amide bonds. The first kappa shape index (κ1) is 14.1. The van der Waals surface area contributed by atoms with Gasteiger partial charge in [0.05, 0.1) is 11.0 Å². The molecule has 2 aliphatic rings. The molecule has 3 heterocycles. The number of rotatable bonds is 2. The topological polar surface area (TPSA) is 78.8 Å². The maximum Gasteiger partial charge on any atom is 0.234 e. The van der Waals surface area contributed by atoms with Crippen molar-refractivity contribution in [1.29, 1.82) is 5.26 Å². The highest BCUT2D eigenvalue weighted by Gasteiger charge is 2.54. The van der Waals surface area contributed by atoms with Crippen LogP contribution in [0.15, 0.2) is 16.8 Å². The fourth-order valence-corrected chi connectivity index (χ4v) is 4.02. The van der Waals surface area contributed by atoms with Gasteiger partial charge in [-0.2, -0.15) is 10.2 Å². The predicted octanol–water partition coefficient (Wildman–Crippen LogP) is 2.34. The molecule has 2 atom stereocenters. The van der Waals surface area contributed by atoms with Crippen molar-refractivity contribution < 1.29 is 8.91 Å². The second-order valence-electron chi connectivity index (χ2n) is 6.41. The molecule has 1 aliphatic carbocycles. The first-order valence-corrected chi connectivity index (χ1v) is 7.74. The van der Waals surface area contributed by atoms with E-state index < -0.39 is 5.82 Å². The van der Waals surface area contributed by atoms with E-state index in [2.05, 4.69) is 15.1 Å². The van der Waals surface area contributed by atoms with Crippen molar-refractivity contribution in [2.75, 3.05) is 18.0 Å². The van der Waals surface area contributed by atoms with Crippen molar-refractivity contribution in [1.82, 2.24) is 15.1 Å². The summed E-state index contributed by atoms with van der Waals surface area (Å²) in [5, 5.41) is 12.8. The first-order valence-electron chi connectivity index (χ1n) is 7.74. The van der Waals surface area contributed by atoms with Crippen LogP contribution in [0.5, 0.6) is 0 Å². The van der Waals surface area contributed by atoms with E-state index in [1.807, 2.05) is 17.9 Å². The number of fused-ring (bicyclic) bond motifs is 1. The first-order chi connectivity index (χ1) is 11.1. The fourth-order valence-electron chi connectivity index (χ4n) is 4.02. The summed E-state index contributed by atoms with van der Waals surface area (Å²) in [6.07, 6.45) is 4.56. The van der Waals surface area contributed by atoms with Crippen LogP contribution in [0.2, 0.25) is 0 Å². The maximum atomic E-state index is 14.3. The minimum absolute atomic E-state index is 0.205. The molecule has 118 valence electrons. The second-order valence-corrected chi connectivity index (χ2v) is 6.41. The number of nitriles is 1. The van der Waals surface area contributed by atoms with E-state index in [4.69, 9.17) is 9.78 Å². The predicted molar refractivity (Wildman–Crippen MR) is 79.2 cm³/mol. The minimum atomic E-state index is -0.458. The third kappa shape index (κ3) is 2.09. The lowest BCUT2D eigenvalue weighted by Crippen LogP contribution is -2.32. The van der Waals surface area contributed by atoms with E-state index in [9.17, 15) is 4.39 Å². The zero-order valence-corrected chi connectivity index (χ0v) is 12.8. The van der Waals surface area contributed by atoms with Crippen LogP contribution in [0.3, 0.4) is 0 Å². The van der Waals surface area contributed by atoms with E-state index in [1.165, 1.54) is 12.3 Å². The van der Waals surface area contributed by atoms with Crippen LogP contribution in [0.4, 0.5) is 10.2 Å². The number of hydrogen-bond donors (Lipinski definition) is 0. The number of aryl methyl sites for hydroxylation is 1. The van der Waals surface area contributed by atoms with Crippen LogP contribution < -0.4 is 4.90 Å². The molecule has 2 aromatic heterocycles.